The summed E-state index contributed by atoms with van der Waals surface area (Å²) >= 11 is 3.50. The quantitative estimate of drug-likeness (QED) is 0.814. The minimum absolute atomic E-state index is 0.229. The van der Waals surface area contributed by atoms with E-state index in [2.05, 4.69) is 21.0 Å². The van der Waals surface area contributed by atoms with E-state index in [1.54, 1.807) is 12.0 Å². The molecule has 0 unspecified atom stereocenters. The first-order valence-corrected chi connectivity index (χ1v) is 8.30. The molecule has 1 aliphatic rings. The average Bonchev–Trinajstić information content (AvgIpc) is 2.79. The van der Waals surface area contributed by atoms with Crippen LogP contribution in [0.2, 0.25) is 0 Å². The number of rotatable bonds is 3. The van der Waals surface area contributed by atoms with Gasteiger partial charge < -0.3 is 14.4 Å². The fraction of sp³-hybridized carbons (Fsp3) is 0.733. The highest BCUT2D eigenvalue weighted by Crippen LogP contribution is 2.26. The van der Waals surface area contributed by atoms with Crippen LogP contribution in [0.25, 0.3) is 0 Å². The number of amides is 1. The van der Waals surface area contributed by atoms with Crippen LogP contribution in [0.5, 0.6) is 0 Å². The van der Waals surface area contributed by atoms with Gasteiger partial charge in [-0.25, -0.2) is 4.79 Å². The Morgan fingerprint density at radius 2 is 2.05 bits per heavy atom. The summed E-state index contributed by atoms with van der Waals surface area (Å²) in [4.78, 5) is 13.8. The van der Waals surface area contributed by atoms with Gasteiger partial charge in [-0.2, -0.15) is 5.10 Å². The maximum Gasteiger partial charge on any atom is 0.410 e. The van der Waals surface area contributed by atoms with Crippen molar-refractivity contribution < 1.29 is 14.3 Å². The number of hydrogen-bond acceptors (Lipinski definition) is 4. The van der Waals surface area contributed by atoms with E-state index in [0.717, 1.165) is 23.0 Å². The zero-order valence-corrected chi connectivity index (χ0v) is 15.2. The lowest BCUT2D eigenvalue weighted by atomic mass is 10.1. The van der Waals surface area contributed by atoms with Crippen LogP contribution in [0.4, 0.5) is 4.79 Å². The molecule has 7 heteroatoms. The Balaban J connectivity index is 1.92. The van der Waals surface area contributed by atoms with Gasteiger partial charge in [-0.3, -0.25) is 4.68 Å². The van der Waals surface area contributed by atoms with Gasteiger partial charge in [0.2, 0.25) is 0 Å². The second-order valence-electron chi connectivity index (χ2n) is 6.54. The molecule has 0 saturated carbocycles. The van der Waals surface area contributed by atoms with Gasteiger partial charge in [0, 0.05) is 26.4 Å². The summed E-state index contributed by atoms with van der Waals surface area (Å²) in [6.45, 7) is 7.53. The molecular weight excluding hydrogens is 350 g/mol. The molecule has 1 fully saturated rings. The smallest absolute Gasteiger partial charge is 0.410 e. The summed E-state index contributed by atoms with van der Waals surface area (Å²) in [5, 5.41) is 4.56. The molecule has 2 rings (SSSR count). The number of carbonyl (C=O) groups excluding carboxylic acids is 1. The fourth-order valence-electron chi connectivity index (χ4n) is 2.47. The molecular formula is C15H24BrN3O3. The third-order valence-electron chi connectivity index (χ3n) is 3.53. The van der Waals surface area contributed by atoms with Gasteiger partial charge in [0.15, 0.2) is 0 Å². The molecule has 0 spiro atoms. The summed E-state index contributed by atoms with van der Waals surface area (Å²) in [5.74, 6) is 0. The number of likely N-dealkylation sites (tertiary alicyclic amines) is 1. The van der Waals surface area contributed by atoms with Crippen LogP contribution >= 0.6 is 15.9 Å². The SMILES string of the molecule is COCc1nn(C2CCN(C(=O)OC(C)(C)C)CC2)cc1Br. The van der Waals surface area contributed by atoms with Crippen molar-refractivity contribution in [2.75, 3.05) is 20.2 Å². The molecule has 2 heterocycles. The molecule has 0 bridgehead atoms. The first kappa shape index (κ1) is 17.3. The molecule has 1 aliphatic heterocycles. The first-order chi connectivity index (χ1) is 10.3. The van der Waals surface area contributed by atoms with Gasteiger partial charge in [-0.05, 0) is 49.5 Å². The van der Waals surface area contributed by atoms with Crippen LogP contribution < -0.4 is 0 Å². The third kappa shape index (κ3) is 4.46. The van der Waals surface area contributed by atoms with Crippen molar-refractivity contribution in [3.63, 3.8) is 0 Å². The predicted octanol–water partition coefficient (Wildman–Crippen LogP) is 3.36. The van der Waals surface area contributed by atoms with Gasteiger partial charge in [-0.1, -0.05) is 0 Å². The van der Waals surface area contributed by atoms with E-state index in [1.165, 1.54) is 0 Å². The summed E-state index contributed by atoms with van der Waals surface area (Å²) in [7, 11) is 1.66. The van der Waals surface area contributed by atoms with Crippen molar-refractivity contribution in [3.8, 4) is 0 Å². The number of halogens is 1. The number of nitrogens with zero attached hydrogens (tertiary/aromatic N) is 3. The highest BCUT2D eigenvalue weighted by atomic mass is 79.9. The summed E-state index contributed by atoms with van der Waals surface area (Å²) in [6.07, 6.45) is 3.51. The van der Waals surface area contributed by atoms with Crippen LogP contribution in [0.15, 0.2) is 10.7 Å². The topological polar surface area (TPSA) is 56.6 Å². The number of carbonyl (C=O) groups is 1. The third-order valence-corrected chi connectivity index (χ3v) is 4.19. The summed E-state index contributed by atoms with van der Waals surface area (Å²) in [5.41, 5.74) is 0.451. The van der Waals surface area contributed by atoms with Gasteiger partial charge >= 0.3 is 6.09 Å². The number of methoxy groups -OCH3 is 1. The van der Waals surface area contributed by atoms with E-state index >= 15 is 0 Å². The standard InChI is InChI=1S/C15H24BrN3O3/c1-15(2,3)22-14(20)18-7-5-11(6-8-18)19-9-12(16)13(17-19)10-21-4/h9,11H,5-8,10H2,1-4H3. The van der Waals surface area contributed by atoms with E-state index < -0.39 is 5.60 Å². The van der Waals surface area contributed by atoms with Gasteiger partial charge in [0.1, 0.15) is 11.3 Å². The van der Waals surface area contributed by atoms with Crippen LogP contribution in [-0.4, -0.2) is 46.6 Å². The molecule has 1 aromatic heterocycles. The second kappa shape index (κ2) is 7.00. The molecule has 0 aromatic carbocycles. The highest BCUT2D eigenvalue weighted by molar-refractivity contribution is 9.10. The largest absolute Gasteiger partial charge is 0.444 e. The Hall–Kier alpha value is -1.08. The van der Waals surface area contributed by atoms with Crippen molar-refractivity contribution >= 4 is 22.0 Å². The Kier molecular flexibility index (Phi) is 5.50. The van der Waals surface area contributed by atoms with Crippen LogP contribution in [-0.2, 0) is 16.1 Å². The molecule has 1 amide bonds. The first-order valence-electron chi connectivity index (χ1n) is 7.50. The Morgan fingerprint density at radius 1 is 1.41 bits per heavy atom. The van der Waals surface area contributed by atoms with Crippen molar-refractivity contribution in [2.24, 2.45) is 0 Å². The minimum atomic E-state index is -0.449. The normalized spacial score (nSPS) is 16.9. The van der Waals surface area contributed by atoms with Crippen molar-refractivity contribution in [2.45, 2.75) is 51.9 Å². The number of ether oxygens (including phenoxy) is 2. The fourth-order valence-corrected chi connectivity index (χ4v) is 2.87. The maximum atomic E-state index is 12.1. The van der Waals surface area contributed by atoms with Crippen molar-refractivity contribution in [1.82, 2.24) is 14.7 Å². The molecule has 0 N–H and O–H groups in total. The second-order valence-corrected chi connectivity index (χ2v) is 7.39. The molecule has 0 aliphatic carbocycles. The van der Waals surface area contributed by atoms with Gasteiger partial charge in [0.25, 0.3) is 0 Å². The van der Waals surface area contributed by atoms with E-state index in [1.807, 2.05) is 31.6 Å². The molecule has 1 aromatic rings. The monoisotopic (exact) mass is 373 g/mol. The highest BCUT2D eigenvalue weighted by Gasteiger charge is 2.28. The van der Waals surface area contributed by atoms with Crippen LogP contribution in [0.1, 0.15) is 45.3 Å². The molecule has 0 radical (unpaired) electrons. The number of hydrogen-bond donors (Lipinski definition) is 0. The summed E-state index contributed by atoms with van der Waals surface area (Å²) < 4.78 is 13.5. The summed E-state index contributed by atoms with van der Waals surface area (Å²) in [6, 6.07) is 0.306. The van der Waals surface area contributed by atoms with E-state index in [-0.39, 0.29) is 6.09 Å². The Labute approximate surface area is 139 Å². The van der Waals surface area contributed by atoms with Crippen molar-refractivity contribution in [1.29, 1.82) is 0 Å². The molecule has 6 nitrogen and oxygen atoms in total. The minimum Gasteiger partial charge on any atom is -0.444 e. The van der Waals surface area contributed by atoms with Gasteiger partial charge in [-0.15, -0.1) is 0 Å². The Bertz CT molecular complexity index is 517. The van der Waals surface area contributed by atoms with Crippen molar-refractivity contribution in [3.05, 3.63) is 16.4 Å². The van der Waals surface area contributed by atoms with E-state index in [9.17, 15) is 4.79 Å². The average molecular weight is 374 g/mol. The lowest BCUT2D eigenvalue weighted by molar-refractivity contribution is 0.0184. The van der Waals surface area contributed by atoms with E-state index in [0.29, 0.717) is 25.7 Å². The predicted molar refractivity (Wildman–Crippen MR) is 86.7 cm³/mol. The molecule has 1 saturated heterocycles. The Morgan fingerprint density at radius 3 is 2.59 bits per heavy atom. The zero-order valence-electron chi connectivity index (χ0n) is 13.6. The maximum absolute atomic E-state index is 12.1. The molecule has 124 valence electrons. The lowest BCUT2D eigenvalue weighted by Crippen LogP contribution is -2.42. The molecule has 0 atom stereocenters. The number of aromatic nitrogens is 2. The van der Waals surface area contributed by atoms with Crippen LogP contribution in [0, 0.1) is 0 Å². The van der Waals surface area contributed by atoms with E-state index in [4.69, 9.17) is 9.47 Å². The van der Waals surface area contributed by atoms with Crippen LogP contribution in [0.3, 0.4) is 0 Å². The molecule has 22 heavy (non-hydrogen) atoms. The number of piperidine rings is 1. The van der Waals surface area contributed by atoms with Gasteiger partial charge in [0.05, 0.1) is 17.1 Å². The zero-order chi connectivity index (χ0) is 16.3. The lowest BCUT2D eigenvalue weighted by Gasteiger charge is -2.33.